The van der Waals surface area contributed by atoms with E-state index in [9.17, 15) is 18.0 Å². The lowest BCUT2D eigenvalue weighted by molar-refractivity contribution is -0.143. The summed E-state index contributed by atoms with van der Waals surface area (Å²) >= 11 is 5.85. The second-order valence-electron chi connectivity index (χ2n) is 5.62. The number of carbonyl (C=O) groups excluding carboxylic acids is 1. The van der Waals surface area contributed by atoms with E-state index in [2.05, 4.69) is 10.4 Å². The zero-order valence-electron chi connectivity index (χ0n) is 13.5. The molecule has 1 amide bonds. The van der Waals surface area contributed by atoms with Gasteiger partial charge in [-0.1, -0.05) is 35.4 Å². The summed E-state index contributed by atoms with van der Waals surface area (Å²) in [6.45, 7) is 1.86. The number of aromatic nitrogens is 2. The van der Waals surface area contributed by atoms with E-state index in [4.69, 9.17) is 11.6 Å². The van der Waals surface area contributed by atoms with Crippen LogP contribution in [0.25, 0.3) is 5.69 Å². The molecule has 2 aromatic carbocycles. The highest BCUT2D eigenvalue weighted by Crippen LogP contribution is 2.34. The maximum Gasteiger partial charge on any atom is 0.434 e. The van der Waals surface area contributed by atoms with Crippen molar-refractivity contribution in [3.05, 3.63) is 76.6 Å². The van der Waals surface area contributed by atoms with E-state index in [0.29, 0.717) is 10.4 Å². The first kappa shape index (κ1) is 18.0. The van der Waals surface area contributed by atoms with Crippen LogP contribution in [0.5, 0.6) is 0 Å². The Kier molecular flexibility index (Phi) is 4.73. The molecule has 0 spiro atoms. The Morgan fingerprint density at radius 3 is 2.46 bits per heavy atom. The number of alkyl halides is 3. The van der Waals surface area contributed by atoms with Gasteiger partial charge in [-0.05, 0) is 37.3 Å². The predicted octanol–water partition coefficient (Wildman–Crippen LogP) is 5.11. The van der Waals surface area contributed by atoms with Crippen LogP contribution >= 0.6 is 11.6 Å². The molecule has 0 aliphatic rings. The van der Waals surface area contributed by atoms with Gasteiger partial charge in [0.1, 0.15) is 0 Å². The van der Waals surface area contributed by atoms with Crippen molar-refractivity contribution in [2.75, 3.05) is 5.32 Å². The summed E-state index contributed by atoms with van der Waals surface area (Å²) in [4.78, 5) is 12.4. The average molecular weight is 380 g/mol. The number of hydrogen-bond donors (Lipinski definition) is 1. The van der Waals surface area contributed by atoms with Gasteiger partial charge in [-0.3, -0.25) is 4.79 Å². The Morgan fingerprint density at radius 2 is 1.85 bits per heavy atom. The fraction of sp³-hybridized carbons (Fsp3) is 0.111. The molecule has 3 aromatic rings. The molecule has 0 bridgehead atoms. The molecule has 3 rings (SSSR count). The number of anilines is 1. The summed E-state index contributed by atoms with van der Waals surface area (Å²) in [6, 6.07) is 12.5. The minimum Gasteiger partial charge on any atom is -0.322 e. The van der Waals surface area contributed by atoms with Crippen molar-refractivity contribution in [1.29, 1.82) is 0 Å². The molecule has 1 aromatic heterocycles. The molecule has 26 heavy (non-hydrogen) atoms. The molecular formula is C18H13ClF3N3O. The van der Waals surface area contributed by atoms with Crippen LogP contribution in [0.3, 0.4) is 0 Å². The smallest absolute Gasteiger partial charge is 0.322 e. The third kappa shape index (κ3) is 3.72. The van der Waals surface area contributed by atoms with Crippen molar-refractivity contribution in [2.45, 2.75) is 13.1 Å². The Bertz CT molecular complexity index is 949. The van der Waals surface area contributed by atoms with Crippen LogP contribution in [-0.2, 0) is 6.18 Å². The Balaban J connectivity index is 2.02. The molecule has 8 heteroatoms. The van der Waals surface area contributed by atoms with E-state index in [1.54, 1.807) is 24.3 Å². The van der Waals surface area contributed by atoms with Crippen molar-refractivity contribution in [1.82, 2.24) is 9.78 Å². The standard InChI is InChI=1S/C18H13ClF3N3O/c1-11-5-7-13(8-6-11)24-17(26)15-10-23-25(16(15)18(20,21)22)14-4-2-3-12(19)9-14/h2-10H,1H3,(H,24,26). The van der Waals surface area contributed by atoms with Gasteiger partial charge in [0.15, 0.2) is 5.69 Å². The largest absolute Gasteiger partial charge is 0.434 e. The fourth-order valence-electron chi connectivity index (χ4n) is 2.43. The van der Waals surface area contributed by atoms with Crippen molar-refractivity contribution in [2.24, 2.45) is 0 Å². The zero-order chi connectivity index (χ0) is 18.9. The van der Waals surface area contributed by atoms with Gasteiger partial charge in [0.05, 0.1) is 17.4 Å². The van der Waals surface area contributed by atoms with Gasteiger partial charge in [-0.15, -0.1) is 0 Å². The maximum atomic E-state index is 13.6. The number of nitrogens with one attached hydrogen (secondary N) is 1. The normalized spacial score (nSPS) is 11.4. The molecule has 4 nitrogen and oxygen atoms in total. The lowest BCUT2D eigenvalue weighted by Crippen LogP contribution is -2.20. The Labute approximate surface area is 152 Å². The number of aryl methyl sites for hydroxylation is 1. The first-order valence-electron chi connectivity index (χ1n) is 7.55. The second-order valence-corrected chi connectivity index (χ2v) is 6.05. The monoisotopic (exact) mass is 379 g/mol. The Morgan fingerprint density at radius 1 is 1.15 bits per heavy atom. The van der Waals surface area contributed by atoms with Crippen LogP contribution in [-0.4, -0.2) is 15.7 Å². The molecule has 0 radical (unpaired) electrons. The van der Waals surface area contributed by atoms with E-state index in [0.717, 1.165) is 11.8 Å². The van der Waals surface area contributed by atoms with Crippen molar-refractivity contribution in [3.8, 4) is 5.69 Å². The Hall–Kier alpha value is -2.80. The lowest BCUT2D eigenvalue weighted by Gasteiger charge is -2.13. The SMILES string of the molecule is Cc1ccc(NC(=O)c2cnn(-c3cccc(Cl)c3)c2C(F)(F)F)cc1. The number of hydrogen-bond acceptors (Lipinski definition) is 2. The van der Waals surface area contributed by atoms with Crippen LogP contribution < -0.4 is 5.32 Å². The molecule has 0 atom stereocenters. The highest BCUT2D eigenvalue weighted by atomic mass is 35.5. The first-order valence-corrected chi connectivity index (χ1v) is 7.92. The summed E-state index contributed by atoms with van der Waals surface area (Å²) in [5.74, 6) is -0.894. The second kappa shape index (κ2) is 6.84. The van der Waals surface area contributed by atoms with Crippen LogP contribution in [0.2, 0.25) is 5.02 Å². The molecule has 0 saturated heterocycles. The van der Waals surface area contributed by atoms with E-state index < -0.39 is 23.3 Å². The highest BCUT2D eigenvalue weighted by molar-refractivity contribution is 6.30. The van der Waals surface area contributed by atoms with Gasteiger partial charge < -0.3 is 5.32 Å². The van der Waals surface area contributed by atoms with Gasteiger partial charge in [-0.2, -0.15) is 18.3 Å². The van der Waals surface area contributed by atoms with Crippen LogP contribution in [0, 0.1) is 6.92 Å². The average Bonchev–Trinajstić information content (AvgIpc) is 3.02. The minimum absolute atomic E-state index is 0.110. The fourth-order valence-corrected chi connectivity index (χ4v) is 2.61. The summed E-state index contributed by atoms with van der Waals surface area (Å²) < 4.78 is 41.5. The van der Waals surface area contributed by atoms with E-state index in [1.165, 1.54) is 24.3 Å². The summed E-state index contributed by atoms with van der Waals surface area (Å²) in [7, 11) is 0. The topological polar surface area (TPSA) is 46.9 Å². The maximum absolute atomic E-state index is 13.6. The minimum atomic E-state index is -4.78. The number of carbonyl (C=O) groups is 1. The van der Waals surface area contributed by atoms with Crippen LogP contribution in [0.15, 0.2) is 54.7 Å². The van der Waals surface area contributed by atoms with Crippen LogP contribution in [0.1, 0.15) is 21.6 Å². The van der Waals surface area contributed by atoms with Crippen molar-refractivity contribution < 1.29 is 18.0 Å². The number of benzene rings is 2. The van der Waals surface area contributed by atoms with Crippen molar-refractivity contribution in [3.63, 3.8) is 0 Å². The summed E-state index contributed by atoms with van der Waals surface area (Å²) in [6.07, 6.45) is -3.88. The van der Waals surface area contributed by atoms with E-state index in [1.807, 2.05) is 6.92 Å². The molecule has 134 valence electrons. The first-order chi connectivity index (χ1) is 12.3. The summed E-state index contributed by atoms with van der Waals surface area (Å²) in [5, 5.41) is 6.46. The third-order valence-corrected chi connectivity index (χ3v) is 3.88. The van der Waals surface area contributed by atoms with Gasteiger partial charge in [0.25, 0.3) is 5.91 Å². The van der Waals surface area contributed by atoms with Crippen molar-refractivity contribution >= 4 is 23.2 Å². The number of nitrogens with zero attached hydrogens (tertiary/aromatic N) is 2. The molecule has 0 fully saturated rings. The number of halogens is 4. The van der Waals surface area contributed by atoms with Gasteiger partial charge in [0, 0.05) is 10.7 Å². The lowest BCUT2D eigenvalue weighted by atomic mass is 10.2. The number of amides is 1. The molecular weight excluding hydrogens is 367 g/mol. The van der Waals surface area contributed by atoms with Crippen LogP contribution in [0.4, 0.5) is 18.9 Å². The molecule has 1 heterocycles. The highest BCUT2D eigenvalue weighted by Gasteiger charge is 2.40. The number of rotatable bonds is 3. The molecule has 0 saturated carbocycles. The van der Waals surface area contributed by atoms with E-state index in [-0.39, 0.29) is 10.7 Å². The molecule has 0 aliphatic heterocycles. The van der Waals surface area contributed by atoms with E-state index >= 15 is 0 Å². The molecule has 0 unspecified atom stereocenters. The van der Waals surface area contributed by atoms with Gasteiger partial charge in [-0.25, -0.2) is 4.68 Å². The van der Waals surface area contributed by atoms with Gasteiger partial charge >= 0.3 is 6.18 Å². The van der Waals surface area contributed by atoms with Gasteiger partial charge in [0.2, 0.25) is 0 Å². The third-order valence-electron chi connectivity index (χ3n) is 3.64. The quantitative estimate of drug-likeness (QED) is 0.687. The zero-order valence-corrected chi connectivity index (χ0v) is 14.3. The molecule has 0 aliphatic carbocycles. The molecule has 1 N–H and O–H groups in total. The predicted molar refractivity (Wildman–Crippen MR) is 92.7 cm³/mol. The summed E-state index contributed by atoms with van der Waals surface area (Å²) in [5.41, 5.74) is -0.265.